The van der Waals surface area contributed by atoms with Crippen LogP contribution in [0.3, 0.4) is 0 Å². The van der Waals surface area contributed by atoms with Crippen LogP contribution in [0.4, 0.5) is 5.69 Å². The quantitative estimate of drug-likeness (QED) is 0.633. The van der Waals surface area contributed by atoms with E-state index in [0.29, 0.717) is 11.7 Å². The highest BCUT2D eigenvalue weighted by Gasteiger charge is 2.38. The van der Waals surface area contributed by atoms with Crippen molar-refractivity contribution in [2.75, 3.05) is 5.01 Å². The summed E-state index contributed by atoms with van der Waals surface area (Å²) in [5.41, 5.74) is 7.59. The standard InChI is InChI=1S/C24H32N4/c1-4-6-12-23-26-24(3,17-7-5-2)27-28(23)21-15-13-19(14-16-21)22-11-9-8-10-20(22)18-25/h8-11,13-16,23,26-27H,4-7,12,17H2,1-3H3. The van der Waals surface area contributed by atoms with Crippen molar-refractivity contribution in [3.8, 4) is 17.2 Å². The molecule has 2 atom stereocenters. The maximum atomic E-state index is 9.38. The number of nitriles is 1. The van der Waals surface area contributed by atoms with Crippen LogP contribution in [0, 0.1) is 11.3 Å². The molecule has 2 aromatic rings. The zero-order chi connectivity index (χ0) is 20.0. The topological polar surface area (TPSA) is 51.1 Å². The summed E-state index contributed by atoms with van der Waals surface area (Å²) in [6, 6.07) is 18.6. The maximum absolute atomic E-state index is 9.38. The van der Waals surface area contributed by atoms with Crippen LogP contribution in [0.15, 0.2) is 48.5 Å². The third-order valence-corrected chi connectivity index (χ3v) is 5.53. The molecule has 1 heterocycles. The van der Waals surface area contributed by atoms with Crippen LogP contribution in [0.2, 0.25) is 0 Å². The maximum Gasteiger partial charge on any atom is 0.0998 e. The molecule has 4 nitrogen and oxygen atoms in total. The van der Waals surface area contributed by atoms with Crippen molar-refractivity contribution in [2.24, 2.45) is 0 Å². The highest BCUT2D eigenvalue weighted by Crippen LogP contribution is 2.30. The van der Waals surface area contributed by atoms with Gasteiger partial charge in [0.05, 0.1) is 29.1 Å². The Morgan fingerprint density at radius 3 is 2.43 bits per heavy atom. The van der Waals surface area contributed by atoms with Gasteiger partial charge in [-0.1, -0.05) is 69.9 Å². The predicted molar refractivity (Wildman–Crippen MR) is 117 cm³/mol. The number of rotatable bonds is 8. The summed E-state index contributed by atoms with van der Waals surface area (Å²) in [6.45, 7) is 6.74. The molecular formula is C24H32N4. The summed E-state index contributed by atoms with van der Waals surface area (Å²) in [7, 11) is 0. The fourth-order valence-electron chi connectivity index (χ4n) is 3.94. The van der Waals surface area contributed by atoms with E-state index in [1.807, 2.05) is 24.3 Å². The molecule has 0 radical (unpaired) electrons. The molecule has 1 fully saturated rings. The molecule has 0 spiro atoms. The highest BCUT2D eigenvalue weighted by atomic mass is 15.7. The number of hydrogen-bond donors (Lipinski definition) is 2. The molecule has 0 amide bonds. The molecule has 1 saturated heterocycles. The Balaban J connectivity index is 1.83. The van der Waals surface area contributed by atoms with Crippen LogP contribution >= 0.6 is 0 Å². The van der Waals surface area contributed by atoms with Crippen molar-refractivity contribution in [1.29, 1.82) is 5.26 Å². The van der Waals surface area contributed by atoms with Crippen molar-refractivity contribution >= 4 is 5.69 Å². The van der Waals surface area contributed by atoms with Gasteiger partial charge in [-0.3, -0.25) is 10.3 Å². The van der Waals surface area contributed by atoms with Crippen molar-refractivity contribution in [3.63, 3.8) is 0 Å². The minimum atomic E-state index is -0.0690. The van der Waals surface area contributed by atoms with E-state index < -0.39 is 0 Å². The number of nitrogens with one attached hydrogen (secondary N) is 2. The van der Waals surface area contributed by atoms with Gasteiger partial charge in [0.1, 0.15) is 0 Å². The SMILES string of the molecule is CCCCC1NC(C)(CCCC)NN1c1ccc(-c2ccccc2C#N)cc1. The van der Waals surface area contributed by atoms with Crippen LogP contribution in [0.25, 0.3) is 11.1 Å². The zero-order valence-electron chi connectivity index (χ0n) is 17.3. The summed E-state index contributed by atoms with van der Waals surface area (Å²) < 4.78 is 0. The lowest BCUT2D eigenvalue weighted by molar-refractivity contribution is 0.316. The Kier molecular flexibility index (Phi) is 6.72. The average Bonchev–Trinajstić information content (AvgIpc) is 3.07. The first-order valence-corrected chi connectivity index (χ1v) is 10.5. The van der Waals surface area contributed by atoms with Crippen molar-refractivity contribution in [1.82, 2.24) is 10.7 Å². The van der Waals surface area contributed by atoms with Gasteiger partial charge in [0.15, 0.2) is 0 Å². The Hall–Kier alpha value is -2.35. The molecule has 148 valence electrons. The molecule has 2 unspecified atom stereocenters. The largest absolute Gasteiger partial charge is 0.289 e. The van der Waals surface area contributed by atoms with Crippen molar-refractivity contribution in [3.05, 3.63) is 54.1 Å². The van der Waals surface area contributed by atoms with E-state index in [4.69, 9.17) is 0 Å². The third-order valence-electron chi connectivity index (χ3n) is 5.53. The van der Waals surface area contributed by atoms with E-state index in [1.54, 1.807) is 0 Å². The van der Waals surface area contributed by atoms with E-state index in [0.717, 1.165) is 29.7 Å². The molecule has 0 saturated carbocycles. The lowest BCUT2D eigenvalue weighted by atomic mass is 10.0. The van der Waals surface area contributed by atoms with Crippen LogP contribution in [-0.4, -0.2) is 11.8 Å². The molecule has 4 heteroatoms. The molecule has 28 heavy (non-hydrogen) atoms. The molecular weight excluding hydrogens is 344 g/mol. The first kappa shape index (κ1) is 20.4. The second-order valence-electron chi connectivity index (χ2n) is 7.92. The average molecular weight is 377 g/mol. The van der Waals surface area contributed by atoms with Gasteiger partial charge in [-0.2, -0.15) is 5.26 Å². The smallest absolute Gasteiger partial charge is 0.0998 e. The summed E-state index contributed by atoms with van der Waals surface area (Å²) in [5.74, 6) is 0. The van der Waals surface area contributed by atoms with Gasteiger partial charge in [0.2, 0.25) is 0 Å². The minimum Gasteiger partial charge on any atom is -0.289 e. The Labute approximate surface area is 169 Å². The van der Waals surface area contributed by atoms with Gasteiger partial charge < -0.3 is 0 Å². The number of hydrazine groups is 1. The number of anilines is 1. The van der Waals surface area contributed by atoms with E-state index in [-0.39, 0.29) is 5.66 Å². The van der Waals surface area contributed by atoms with Crippen LogP contribution in [0.1, 0.15) is 64.9 Å². The number of unbranched alkanes of at least 4 members (excludes halogenated alkanes) is 2. The second kappa shape index (κ2) is 9.23. The van der Waals surface area contributed by atoms with Gasteiger partial charge in [0.25, 0.3) is 0 Å². The molecule has 3 rings (SSSR count). The van der Waals surface area contributed by atoms with E-state index in [9.17, 15) is 5.26 Å². The molecule has 1 aliphatic heterocycles. The molecule has 1 aliphatic rings. The molecule has 2 N–H and O–H groups in total. The van der Waals surface area contributed by atoms with Gasteiger partial charge in [-0.25, -0.2) is 5.43 Å². The molecule has 0 bridgehead atoms. The predicted octanol–water partition coefficient (Wildman–Crippen LogP) is 5.56. The van der Waals surface area contributed by atoms with E-state index in [1.165, 1.54) is 25.7 Å². The summed E-state index contributed by atoms with van der Waals surface area (Å²) >= 11 is 0. The Morgan fingerprint density at radius 1 is 1.04 bits per heavy atom. The van der Waals surface area contributed by atoms with Gasteiger partial charge in [-0.15, -0.1) is 0 Å². The fraction of sp³-hybridized carbons (Fsp3) is 0.458. The van der Waals surface area contributed by atoms with E-state index in [2.05, 4.69) is 66.9 Å². The highest BCUT2D eigenvalue weighted by molar-refractivity contribution is 5.72. The zero-order valence-corrected chi connectivity index (χ0v) is 17.3. The monoisotopic (exact) mass is 376 g/mol. The number of nitrogens with zero attached hydrogens (tertiary/aromatic N) is 2. The first-order chi connectivity index (χ1) is 13.6. The van der Waals surface area contributed by atoms with Crippen LogP contribution in [-0.2, 0) is 0 Å². The minimum absolute atomic E-state index is 0.0690. The lowest BCUT2D eigenvalue weighted by Crippen LogP contribution is -2.48. The molecule has 0 aliphatic carbocycles. The number of benzene rings is 2. The normalized spacial score (nSPS) is 21.6. The first-order valence-electron chi connectivity index (χ1n) is 10.5. The fourth-order valence-corrected chi connectivity index (χ4v) is 3.94. The Bertz CT molecular complexity index is 808. The Morgan fingerprint density at radius 2 is 1.75 bits per heavy atom. The third kappa shape index (κ3) is 4.55. The summed E-state index contributed by atoms with van der Waals surface area (Å²) in [6.07, 6.45) is 7.31. The van der Waals surface area contributed by atoms with Crippen LogP contribution < -0.4 is 15.8 Å². The van der Waals surface area contributed by atoms with Crippen LogP contribution in [0.5, 0.6) is 0 Å². The van der Waals surface area contributed by atoms with Gasteiger partial charge in [-0.05, 0) is 49.1 Å². The van der Waals surface area contributed by atoms with Crippen molar-refractivity contribution in [2.45, 2.75) is 71.1 Å². The van der Waals surface area contributed by atoms with Gasteiger partial charge >= 0.3 is 0 Å². The molecule has 0 aromatic heterocycles. The van der Waals surface area contributed by atoms with E-state index >= 15 is 0 Å². The molecule has 2 aromatic carbocycles. The summed E-state index contributed by atoms with van der Waals surface area (Å²) in [5, 5.41) is 15.5. The lowest BCUT2D eigenvalue weighted by Gasteiger charge is -2.27. The summed E-state index contributed by atoms with van der Waals surface area (Å²) in [4.78, 5) is 0. The second-order valence-corrected chi connectivity index (χ2v) is 7.92. The number of hydrogen-bond acceptors (Lipinski definition) is 4. The van der Waals surface area contributed by atoms with Gasteiger partial charge in [0, 0.05) is 0 Å². The van der Waals surface area contributed by atoms with Crippen molar-refractivity contribution < 1.29 is 0 Å².